The smallest absolute Gasteiger partial charge is 0.305 e. The van der Waals surface area contributed by atoms with E-state index < -0.39 is 11.6 Å². The Morgan fingerprint density at radius 2 is 2.14 bits per heavy atom. The largest absolute Gasteiger partial charge is 0.469 e. The van der Waals surface area contributed by atoms with Crippen molar-refractivity contribution in [1.82, 2.24) is 4.90 Å². The highest BCUT2D eigenvalue weighted by atomic mass is 19.1. The van der Waals surface area contributed by atoms with E-state index in [4.69, 9.17) is 4.74 Å². The molecule has 1 aliphatic heterocycles. The van der Waals surface area contributed by atoms with Crippen LogP contribution in [0.2, 0.25) is 0 Å². The fourth-order valence-corrected chi connectivity index (χ4v) is 2.80. The van der Waals surface area contributed by atoms with E-state index in [9.17, 15) is 13.6 Å². The third kappa shape index (κ3) is 4.77. The van der Waals surface area contributed by atoms with E-state index in [0.29, 0.717) is 24.4 Å². The van der Waals surface area contributed by atoms with Gasteiger partial charge in [0.1, 0.15) is 11.6 Å². The van der Waals surface area contributed by atoms with Crippen LogP contribution in [0.15, 0.2) is 18.2 Å². The van der Waals surface area contributed by atoms with Crippen molar-refractivity contribution in [3.05, 3.63) is 35.4 Å². The third-order valence-electron chi connectivity index (χ3n) is 4.03. The molecule has 5 heteroatoms. The predicted octanol–water partition coefficient (Wildman–Crippen LogP) is 3.13. The van der Waals surface area contributed by atoms with E-state index in [0.717, 1.165) is 38.4 Å². The zero-order valence-electron chi connectivity index (χ0n) is 12.3. The standard InChI is InChI=1S/C16H21F2NO2/c1-21-16(20)9-12-3-2-7-19(8-6-12)11-13-4-5-14(17)10-15(13)18/h4-5,10,12H,2-3,6-9,11H2,1H3. The Kier molecular flexibility index (Phi) is 5.67. The fourth-order valence-electron chi connectivity index (χ4n) is 2.80. The molecule has 0 amide bonds. The number of hydrogen-bond donors (Lipinski definition) is 0. The average Bonchev–Trinajstić information content (AvgIpc) is 2.67. The van der Waals surface area contributed by atoms with Crippen LogP contribution in [0.4, 0.5) is 8.78 Å². The van der Waals surface area contributed by atoms with Gasteiger partial charge in [0, 0.05) is 24.6 Å². The molecule has 1 aromatic rings. The Hall–Kier alpha value is -1.49. The Morgan fingerprint density at radius 3 is 2.86 bits per heavy atom. The molecule has 116 valence electrons. The quantitative estimate of drug-likeness (QED) is 0.800. The van der Waals surface area contributed by atoms with Gasteiger partial charge in [0.05, 0.1) is 7.11 Å². The maximum atomic E-state index is 13.7. The zero-order chi connectivity index (χ0) is 15.2. The molecule has 0 N–H and O–H groups in total. The summed E-state index contributed by atoms with van der Waals surface area (Å²) in [4.78, 5) is 13.5. The lowest BCUT2D eigenvalue weighted by atomic mass is 9.97. The van der Waals surface area contributed by atoms with Gasteiger partial charge in [0.15, 0.2) is 0 Å². The Bertz CT molecular complexity index is 493. The molecule has 1 aliphatic rings. The average molecular weight is 297 g/mol. The van der Waals surface area contributed by atoms with Gasteiger partial charge < -0.3 is 4.74 Å². The summed E-state index contributed by atoms with van der Waals surface area (Å²) in [5, 5.41) is 0. The lowest BCUT2D eigenvalue weighted by Crippen LogP contribution is -2.25. The van der Waals surface area contributed by atoms with E-state index in [1.165, 1.54) is 19.2 Å². The number of nitrogens with zero attached hydrogens (tertiary/aromatic N) is 1. The molecule has 0 aliphatic carbocycles. The van der Waals surface area contributed by atoms with Gasteiger partial charge in [0.2, 0.25) is 0 Å². The van der Waals surface area contributed by atoms with Crippen LogP contribution in [0.1, 0.15) is 31.2 Å². The van der Waals surface area contributed by atoms with Crippen LogP contribution in [0.5, 0.6) is 0 Å². The van der Waals surface area contributed by atoms with Crippen LogP contribution < -0.4 is 0 Å². The minimum Gasteiger partial charge on any atom is -0.469 e. The summed E-state index contributed by atoms with van der Waals surface area (Å²) in [6.07, 6.45) is 3.31. The molecular formula is C16H21F2NO2. The molecule has 3 nitrogen and oxygen atoms in total. The van der Waals surface area contributed by atoms with Gasteiger partial charge in [0.25, 0.3) is 0 Å². The maximum Gasteiger partial charge on any atom is 0.305 e. The Balaban J connectivity index is 1.89. The number of rotatable bonds is 4. The summed E-state index contributed by atoms with van der Waals surface area (Å²) in [6, 6.07) is 3.71. The Morgan fingerprint density at radius 1 is 1.33 bits per heavy atom. The topological polar surface area (TPSA) is 29.5 Å². The number of carbonyl (C=O) groups excluding carboxylic acids is 1. The second-order valence-electron chi connectivity index (χ2n) is 5.59. The molecular weight excluding hydrogens is 276 g/mol. The van der Waals surface area contributed by atoms with E-state index in [1.807, 2.05) is 0 Å². The van der Waals surface area contributed by atoms with Crippen molar-refractivity contribution in [3.8, 4) is 0 Å². The molecule has 1 aromatic carbocycles. The minimum absolute atomic E-state index is 0.168. The summed E-state index contributed by atoms with van der Waals surface area (Å²) in [5.74, 6) is -0.880. The SMILES string of the molecule is COC(=O)CC1CCCN(Cc2ccc(F)cc2F)CC1. The maximum absolute atomic E-state index is 13.7. The van der Waals surface area contributed by atoms with Gasteiger partial charge in [-0.2, -0.15) is 0 Å². The van der Waals surface area contributed by atoms with Crippen LogP contribution in [-0.4, -0.2) is 31.1 Å². The minimum atomic E-state index is -0.551. The molecule has 1 atom stereocenters. The summed E-state index contributed by atoms with van der Waals surface area (Å²) >= 11 is 0. The van der Waals surface area contributed by atoms with E-state index >= 15 is 0 Å². The lowest BCUT2D eigenvalue weighted by Gasteiger charge is -2.20. The van der Waals surface area contributed by atoms with E-state index in [1.54, 1.807) is 0 Å². The van der Waals surface area contributed by atoms with E-state index in [2.05, 4.69) is 4.90 Å². The monoisotopic (exact) mass is 297 g/mol. The molecule has 1 unspecified atom stereocenters. The fraction of sp³-hybridized carbons (Fsp3) is 0.562. The highest BCUT2D eigenvalue weighted by molar-refractivity contribution is 5.69. The molecule has 1 heterocycles. The second-order valence-corrected chi connectivity index (χ2v) is 5.59. The van der Waals surface area contributed by atoms with Crippen molar-refractivity contribution >= 4 is 5.97 Å². The number of halogens is 2. The number of benzene rings is 1. The van der Waals surface area contributed by atoms with Crippen molar-refractivity contribution in [2.24, 2.45) is 5.92 Å². The molecule has 0 saturated carbocycles. The molecule has 21 heavy (non-hydrogen) atoms. The second kappa shape index (κ2) is 7.50. The number of methoxy groups -OCH3 is 1. The first-order chi connectivity index (χ1) is 10.1. The molecule has 2 rings (SSSR count). The molecule has 0 radical (unpaired) electrons. The molecule has 0 aromatic heterocycles. The number of likely N-dealkylation sites (tertiary alicyclic amines) is 1. The highest BCUT2D eigenvalue weighted by Gasteiger charge is 2.20. The highest BCUT2D eigenvalue weighted by Crippen LogP contribution is 2.22. The van der Waals surface area contributed by atoms with Crippen LogP contribution in [-0.2, 0) is 16.1 Å². The Labute approximate surface area is 123 Å². The van der Waals surface area contributed by atoms with Crippen LogP contribution in [0.3, 0.4) is 0 Å². The number of hydrogen-bond acceptors (Lipinski definition) is 3. The van der Waals surface area contributed by atoms with Crippen LogP contribution in [0, 0.1) is 17.6 Å². The van der Waals surface area contributed by atoms with Gasteiger partial charge >= 0.3 is 5.97 Å². The first-order valence-electron chi connectivity index (χ1n) is 7.31. The lowest BCUT2D eigenvalue weighted by molar-refractivity contribution is -0.141. The van der Waals surface area contributed by atoms with Gasteiger partial charge in [-0.1, -0.05) is 6.07 Å². The number of esters is 1. The summed E-state index contributed by atoms with van der Waals surface area (Å²) in [6.45, 7) is 2.17. The van der Waals surface area contributed by atoms with Crippen molar-refractivity contribution < 1.29 is 18.3 Å². The van der Waals surface area contributed by atoms with Crippen molar-refractivity contribution in [1.29, 1.82) is 0 Å². The number of ether oxygens (including phenoxy) is 1. The van der Waals surface area contributed by atoms with Gasteiger partial charge in [-0.25, -0.2) is 8.78 Å². The normalized spacial score (nSPS) is 20.0. The predicted molar refractivity (Wildman–Crippen MR) is 75.6 cm³/mol. The molecule has 0 spiro atoms. The summed E-state index contributed by atoms with van der Waals surface area (Å²) in [7, 11) is 1.41. The summed E-state index contributed by atoms with van der Waals surface area (Å²) < 4.78 is 31.3. The van der Waals surface area contributed by atoms with Crippen LogP contribution >= 0.6 is 0 Å². The third-order valence-corrected chi connectivity index (χ3v) is 4.03. The zero-order valence-corrected chi connectivity index (χ0v) is 12.3. The molecule has 0 bridgehead atoms. The van der Waals surface area contributed by atoms with Gasteiger partial charge in [-0.05, 0) is 44.3 Å². The summed E-state index contributed by atoms with van der Waals surface area (Å²) in [5.41, 5.74) is 0.516. The van der Waals surface area contributed by atoms with Crippen molar-refractivity contribution in [3.63, 3.8) is 0 Å². The number of carbonyl (C=O) groups is 1. The van der Waals surface area contributed by atoms with Crippen molar-refractivity contribution in [2.75, 3.05) is 20.2 Å². The first-order valence-corrected chi connectivity index (χ1v) is 7.31. The van der Waals surface area contributed by atoms with Gasteiger partial charge in [-0.15, -0.1) is 0 Å². The van der Waals surface area contributed by atoms with Crippen molar-refractivity contribution in [2.45, 2.75) is 32.2 Å². The van der Waals surface area contributed by atoms with E-state index in [-0.39, 0.29) is 5.97 Å². The van der Waals surface area contributed by atoms with Crippen LogP contribution in [0.25, 0.3) is 0 Å². The molecule has 1 saturated heterocycles. The first kappa shape index (κ1) is 15.9. The van der Waals surface area contributed by atoms with Gasteiger partial charge in [-0.3, -0.25) is 9.69 Å². The molecule has 1 fully saturated rings.